The smallest absolute Gasteiger partial charge is 0.126 e. The van der Waals surface area contributed by atoms with Crippen LogP contribution in [-0.2, 0) is 0 Å². The molecule has 0 spiro atoms. The molecule has 0 radical (unpaired) electrons. The van der Waals surface area contributed by atoms with Crippen LogP contribution >= 0.6 is 0 Å². The van der Waals surface area contributed by atoms with Gasteiger partial charge in [0.1, 0.15) is 5.84 Å². The Morgan fingerprint density at radius 3 is 2.60 bits per heavy atom. The summed E-state index contributed by atoms with van der Waals surface area (Å²) >= 11 is 0. The minimum absolute atomic E-state index is 0.125. The van der Waals surface area contributed by atoms with E-state index in [-0.39, 0.29) is 5.54 Å². The first kappa shape index (κ1) is 13.5. The van der Waals surface area contributed by atoms with Crippen molar-refractivity contribution in [3.05, 3.63) is 23.8 Å². The summed E-state index contributed by atoms with van der Waals surface area (Å²) in [6, 6.07) is 6.98. The molecule has 0 aromatic heterocycles. The summed E-state index contributed by atoms with van der Waals surface area (Å²) in [5, 5.41) is 7.17. The van der Waals surface area contributed by atoms with E-state index >= 15 is 0 Å². The van der Waals surface area contributed by atoms with E-state index in [2.05, 4.69) is 49.6 Å². The standard InChI is InChI=1S/C17H25N3/c1-12-9-10-14-15(11-12)19-16(17(2,3)20-14)18-13-7-5-4-6-8-13/h9-11,13,20H,4-8H2,1-3H3,(H,18,19). The maximum Gasteiger partial charge on any atom is 0.126 e. The Kier molecular flexibility index (Phi) is 3.45. The lowest BCUT2D eigenvalue weighted by atomic mass is 9.94. The molecule has 108 valence electrons. The van der Waals surface area contributed by atoms with Gasteiger partial charge in [0, 0.05) is 0 Å². The van der Waals surface area contributed by atoms with Crippen molar-refractivity contribution in [3.63, 3.8) is 0 Å². The molecule has 2 aliphatic rings. The second-order valence-electron chi connectivity index (χ2n) is 6.69. The molecule has 1 aromatic rings. The average molecular weight is 271 g/mol. The first-order chi connectivity index (χ1) is 9.54. The van der Waals surface area contributed by atoms with Gasteiger partial charge in [-0.3, -0.25) is 4.99 Å². The fourth-order valence-corrected chi connectivity index (χ4v) is 3.14. The fourth-order valence-electron chi connectivity index (χ4n) is 3.14. The lowest BCUT2D eigenvalue weighted by Gasteiger charge is -2.37. The van der Waals surface area contributed by atoms with Crippen molar-refractivity contribution in [2.75, 3.05) is 10.6 Å². The molecule has 0 bridgehead atoms. The highest BCUT2D eigenvalue weighted by Crippen LogP contribution is 2.33. The van der Waals surface area contributed by atoms with Crippen molar-refractivity contribution in [1.29, 1.82) is 0 Å². The minimum Gasteiger partial charge on any atom is -0.371 e. The van der Waals surface area contributed by atoms with Crippen LogP contribution in [0.3, 0.4) is 0 Å². The van der Waals surface area contributed by atoms with Crippen LogP contribution < -0.4 is 10.6 Å². The van der Waals surface area contributed by atoms with Gasteiger partial charge in [-0.25, -0.2) is 0 Å². The van der Waals surface area contributed by atoms with Gasteiger partial charge in [-0.15, -0.1) is 0 Å². The molecule has 1 fully saturated rings. The number of amidine groups is 1. The van der Waals surface area contributed by atoms with Gasteiger partial charge in [-0.2, -0.15) is 0 Å². The summed E-state index contributed by atoms with van der Waals surface area (Å²) in [4.78, 5) is 5.02. The van der Waals surface area contributed by atoms with Crippen LogP contribution in [-0.4, -0.2) is 17.4 Å². The van der Waals surface area contributed by atoms with Gasteiger partial charge in [0.25, 0.3) is 0 Å². The number of fused-ring (bicyclic) bond motifs is 1. The van der Waals surface area contributed by atoms with Crippen molar-refractivity contribution in [3.8, 4) is 0 Å². The topological polar surface area (TPSA) is 36.4 Å². The van der Waals surface area contributed by atoms with E-state index in [1.165, 1.54) is 43.4 Å². The third-order valence-electron chi connectivity index (χ3n) is 4.35. The van der Waals surface area contributed by atoms with Gasteiger partial charge in [0.2, 0.25) is 0 Å². The van der Waals surface area contributed by atoms with Gasteiger partial charge in [-0.1, -0.05) is 25.3 Å². The van der Waals surface area contributed by atoms with Crippen LogP contribution in [0, 0.1) is 6.92 Å². The summed E-state index contributed by atoms with van der Waals surface area (Å²) in [5.74, 6) is 1.09. The van der Waals surface area contributed by atoms with Crippen molar-refractivity contribution in [2.45, 2.75) is 64.5 Å². The van der Waals surface area contributed by atoms with E-state index in [9.17, 15) is 0 Å². The number of benzene rings is 1. The zero-order valence-corrected chi connectivity index (χ0v) is 12.8. The summed E-state index contributed by atoms with van der Waals surface area (Å²) in [5.41, 5.74) is 3.47. The predicted molar refractivity (Wildman–Crippen MR) is 86.8 cm³/mol. The van der Waals surface area contributed by atoms with Gasteiger partial charge < -0.3 is 10.6 Å². The number of hydrogen-bond acceptors (Lipinski definition) is 2. The molecular weight excluding hydrogens is 246 g/mol. The first-order valence-corrected chi connectivity index (χ1v) is 7.79. The van der Waals surface area contributed by atoms with E-state index in [0.29, 0.717) is 6.04 Å². The maximum absolute atomic E-state index is 5.02. The van der Waals surface area contributed by atoms with Crippen LogP contribution in [0.25, 0.3) is 0 Å². The average Bonchev–Trinajstić information content (AvgIpc) is 2.41. The van der Waals surface area contributed by atoms with E-state index in [1.807, 2.05) is 0 Å². The summed E-state index contributed by atoms with van der Waals surface area (Å²) in [6.07, 6.45) is 6.50. The molecule has 1 aliphatic carbocycles. The number of anilines is 2. The monoisotopic (exact) mass is 271 g/mol. The molecule has 0 atom stereocenters. The van der Waals surface area contributed by atoms with Gasteiger partial charge >= 0.3 is 0 Å². The van der Waals surface area contributed by atoms with Crippen molar-refractivity contribution < 1.29 is 0 Å². The number of nitrogens with one attached hydrogen (secondary N) is 2. The molecule has 3 heteroatoms. The van der Waals surface area contributed by atoms with Crippen molar-refractivity contribution in [1.82, 2.24) is 0 Å². The molecule has 0 unspecified atom stereocenters. The molecule has 1 aromatic carbocycles. The lowest BCUT2D eigenvalue weighted by molar-refractivity contribution is 0.441. The number of hydrogen-bond donors (Lipinski definition) is 2. The molecule has 1 saturated carbocycles. The van der Waals surface area contributed by atoms with Crippen LogP contribution in [0.1, 0.15) is 51.5 Å². The third-order valence-corrected chi connectivity index (χ3v) is 4.35. The van der Waals surface area contributed by atoms with Gasteiger partial charge in [-0.05, 0) is 51.3 Å². The Morgan fingerprint density at radius 2 is 1.85 bits per heavy atom. The summed E-state index contributed by atoms with van der Waals surface area (Å²) in [7, 11) is 0. The molecule has 0 amide bonds. The van der Waals surface area contributed by atoms with Gasteiger partial charge in [0.05, 0.1) is 23.0 Å². The fraction of sp³-hybridized carbons (Fsp3) is 0.588. The molecule has 1 aliphatic heterocycles. The molecule has 3 rings (SSSR count). The zero-order valence-electron chi connectivity index (χ0n) is 12.8. The largest absolute Gasteiger partial charge is 0.371 e. The number of rotatable bonds is 1. The number of aliphatic imine (C=N–C) groups is 1. The molecule has 0 saturated heterocycles. The Labute approximate surface area is 121 Å². The normalized spacial score (nSPS) is 23.9. The SMILES string of the molecule is Cc1ccc2c(c1)NC(=NC1CCCCC1)C(C)(C)N2. The van der Waals surface area contributed by atoms with E-state index in [4.69, 9.17) is 4.99 Å². The summed E-state index contributed by atoms with van der Waals surface area (Å²) in [6.45, 7) is 6.52. The van der Waals surface area contributed by atoms with Crippen LogP contribution in [0.15, 0.2) is 23.2 Å². The Balaban J connectivity index is 1.89. The Bertz CT molecular complexity index is 525. The molecule has 1 heterocycles. The highest BCUT2D eigenvalue weighted by molar-refractivity contribution is 6.09. The second kappa shape index (κ2) is 5.12. The second-order valence-corrected chi connectivity index (χ2v) is 6.69. The molecular formula is C17H25N3. The van der Waals surface area contributed by atoms with E-state index < -0.39 is 0 Å². The highest BCUT2D eigenvalue weighted by Gasteiger charge is 2.31. The summed E-state index contributed by atoms with van der Waals surface area (Å²) < 4.78 is 0. The van der Waals surface area contributed by atoms with E-state index in [0.717, 1.165) is 11.5 Å². The quantitative estimate of drug-likeness (QED) is 0.797. The number of aryl methyl sites for hydroxylation is 1. The predicted octanol–water partition coefficient (Wildman–Crippen LogP) is 4.34. The first-order valence-electron chi connectivity index (χ1n) is 7.79. The molecule has 20 heavy (non-hydrogen) atoms. The van der Waals surface area contributed by atoms with Crippen LogP contribution in [0.4, 0.5) is 11.4 Å². The van der Waals surface area contributed by atoms with Crippen molar-refractivity contribution >= 4 is 17.2 Å². The third kappa shape index (κ3) is 2.67. The van der Waals surface area contributed by atoms with Crippen molar-refractivity contribution in [2.24, 2.45) is 4.99 Å². The lowest BCUT2D eigenvalue weighted by Crippen LogP contribution is -2.48. The maximum atomic E-state index is 5.02. The highest BCUT2D eigenvalue weighted by atomic mass is 15.2. The number of nitrogens with zero attached hydrogens (tertiary/aromatic N) is 1. The Morgan fingerprint density at radius 1 is 1.10 bits per heavy atom. The molecule has 2 N–H and O–H groups in total. The van der Waals surface area contributed by atoms with Crippen LogP contribution in [0.5, 0.6) is 0 Å². The Hall–Kier alpha value is -1.51. The minimum atomic E-state index is -0.125. The van der Waals surface area contributed by atoms with Crippen LogP contribution in [0.2, 0.25) is 0 Å². The molecule has 3 nitrogen and oxygen atoms in total. The zero-order chi connectivity index (χ0) is 14.2. The van der Waals surface area contributed by atoms with Gasteiger partial charge in [0.15, 0.2) is 0 Å². The van der Waals surface area contributed by atoms with E-state index in [1.54, 1.807) is 0 Å².